The highest BCUT2D eigenvalue weighted by atomic mass is 31.0. The lowest BCUT2D eigenvalue weighted by molar-refractivity contribution is -0.384. The zero-order valence-electron chi connectivity index (χ0n) is 44.6. The van der Waals surface area contributed by atoms with E-state index < -0.39 is 17.2 Å². The van der Waals surface area contributed by atoms with Gasteiger partial charge in [-0.15, -0.1) is 0 Å². The summed E-state index contributed by atoms with van der Waals surface area (Å²) in [7, 11) is 0. The largest absolute Gasteiger partial charge is 0.514 e. The second-order valence-electron chi connectivity index (χ2n) is 18.3. The van der Waals surface area contributed by atoms with Gasteiger partial charge in [0.05, 0.1) is 18.1 Å². The Kier molecular flexibility index (Phi) is 23.3. The third kappa shape index (κ3) is 19.1. The zero-order valence-corrected chi connectivity index (χ0v) is 47.4. The Bertz CT molecular complexity index is 3070. The van der Waals surface area contributed by atoms with Gasteiger partial charge in [-0.05, 0) is 161 Å². The number of amides is 1. The number of nitrogens with two attached hydrogens (primary N) is 1. The molecule has 2 aliphatic heterocycles. The van der Waals surface area contributed by atoms with Crippen molar-refractivity contribution < 1.29 is 47.7 Å². The van der Waals surface area contributed by atoms with Crippen LogP contribution in [0, 0.1) is 10.1 Å². The number of hydrogen-bond donors (Lipinski definition) is 2. The van der Waals surface area contributed by atoms with Crippen LogP contribution in [0.3, 0.4) is 0 Å². The van der Waals surface area contributed by atoms with Gasteiger partial charge in [-0.2, -0.15) is 19.8 Å². The van der Waals surface area contributed by atoms with Crippen LogP contribution in [0.25, 0.3) is 12.2 Å². The van der Waals surface area contributed by atoms with E-state index in [4.69, 9.17) is 38.9 Å². The van der Waals surface area contributed by atoms with Gasteiger partial charge >= 0.3 is 12.2 Å². The molecule has 9 rings (SSSR count). The van der Waals surface area contributed by atoms with E-state index in [-0.39, 0.29) is 55.7 Å². The molecule has 16 heteroatoms. The van der Waals surface area contributed by atoms with Crippen molar-refractivity contribution in [3.63, 3.8) is 0 Å². The van der Waals surface area contributed by atoms with Gasteiger partial charge in [-0.1, -0.05) is 97.1 Å². The van der Waals surface area contributed by atoms with Crippen LogP contribution in [-0.2, 0) is 35.5 Å². The molecule has 7 aromatic carbocycles. The molecule has 4 atom stereocenters. The number of aryl methyl sites for hydroxylation is 2. The summed E-state index contributed by atoms with van der Waals surface area (Å²) < 4.78 is 38.4. The minimum Gasteiger partial charge on any atom is -0.494 e. The molecule has 0 fully saturated rings. The molecule has 14 nitrogen and oxygen atoms in total. The maximum Gasteiger partial charge on any atom is 0.514 e. The Labute approximate surface area is 463 Å². The summed E-state index contributed by atoms with van der Waals surface area (Å²) in [5.41, 5.74) is 12.8. The lowest BCUT2D eigenvalue weighted by Crippen LogP contribution is -2.32. The lowest BCUT2D eigenvalue weighted by atomic mass is 9.93. The Morgan fingerprint density at radius 2 is 1.04 bits per heavy atom. The average Bonchev–Trinajstić information content (AvgIpc) is 3.43. The van der Waals surface area contributed by atoms with Crippen LogP contribution in [-0.4, -0.2) is 41.6 Å². The van der Waals surface area contributed by atoms with Gasteiger partial charge in [0, 0.05) is 34.6 Å². The third-order valence-corrected chi connectivity index (χ3v) is 12.2. The van der Waals surface area contributed by atoms with Gasteiger partial charge in [0.1, 0.15) is 53.2 Å². The number of nitro groups is 1. The predicted octanol–water partition coefficient (Wildman–Crippen LogP) is 14.5. The van der Waals surface area contributed by atoms with Crippen molar-refractivity contribution in [3.05, 3.63) is 226 Å². The number of nitrogens with one attached hydrogen (secondary N) is 1. The number of nitrogen functional groups attached to an aromatic ring is 1. The summed E-state index contributed by atoms with van der Waals surface area (Å²) in [5.74, 6) is 3.43. The smallest absolute Gasteiger partial charge is 0.494 e. The van der Waals surface area contributed by atoms with E-state index in [0.29, 0.717) is 18.9 Å². The van der Waals surface area contributed by atoms with Crippen molar-refractivity contribution in [3.8, 4) is 28.7 Å². The molecule has 4 unspecified atom stereocenters. The van der Waals surface area contributed by atoms with Crippen LogP contribution in [0.5, 0.6) is 28.7 Å². The monoisotopic (exact) mass is 1090 g/mol. The van der Waals surface area contributed by atoms with Crippen molar-refractivity contribution in [1.82, 2.24) is 0 Å². The van der Waals surface area contributed by atoms with Crippen LogP contribution in [0.1, 0.15) is 73.9 Å². The number of hydrogen-bond acceptors (Lipinski definition) is 12. The third-order valence-electron chi connectivity index (χ3n) is 12.2. The highest BCUT2D eigenvalue weighted by Crippen LogP contribution is 2.36. The van der Waals surface area contributed by atoms with E-state index >= 15 is 0 Å². The van der Waals surface area contributed by atoms with Crippen LogP contribution in [0.2, 0.25) is 0 Å². The fourth-order valence-electron chi connectivity index (χ4n) is 7.99. The first-order chi connectivity index (χ1) is 36.8. The van der Waals surface area contributed by atoms with Crippen LogP contribution < -0.4 is 34.7 Å². The molecular formula is C62H69N3O11P2. The number of carbonyl (C=O) groups excluding carboxylic acids is 2. The number of nitro benzene ring substituents is 1. The lowest BCUT2D eigenvalue weighted by Gasteiger charge is -2.32. The first-order valence-electron chi connectivity index (χ1n) is 25.1. The Balaban J connectivity index is 0.000000221. The van der Waals surface area contributed by atoms with Gasteiger partial charge in [-0.3, -0.25) is 15.4 Å². The second-order valence-corrected chi connectivity index (χ2v) is 18.3. The van der Waals surface area contributed by atoms with Crippen LogP contribution in [0.4, 0.5) is 26.7 Å². The van der Waals surface area contributed by atoms with Crippen molar-refractivity contribution >= 4 is 61.3 Å². The van der Waals surface area contributed by atoms with Gasteiger partial charge in [0.2, 0.25) is 0 Å². The zero-order chi connectivity index (χ0) is 53.8. The van der Waals surface area contributed by atoms with Crippen molar-refractivity contribution in [2.45, 2.75) is 77.8 Å². The Hall–Kier alpha value is -8.18. The summed E-state index contributed by atoms with van der Waals surface area (Å²) in [6.07, 6.45) is 10.8. The van der Waals surface area contributed by atoms with E-state index in [0.717, 1.165) is 76.6 Å². The molecule has 2 aliphatic rings. The summed E-state index contributed by atoms with van der Waals surface area (Å²) in [6.45, 7) is 9.50. The topological polar surface area (TPSA) is 180 Å². The number of carbonyl (C=O) groups is 2. The number of ether oxygens (including phenoxy) is 7. The van der Waals surface area contributed by atoms with E-state index in [1.807, 2.05) is 86.6 Å². The maximum atomic E-state index is 12.2. The number of nitrogens with zero attached hydrogens (tertiary/aromatic N) is 1. The highest BCUT2D eigenvalue weighted by Gasteiger charge is 2.28. The van der Waals surface area contributed by atoms with E-state index in [1.165, 1.54) is 35.4 Å². The Morgan fingerprint density at radius 1 is 0.577 bits per heavy atom. The van der Waals surface area contributed by atoms with Crippen LogP contribution in [0.15, 0.2) is 182 Å². The molecule has 0 saturated carbocycles. The number of fused-ring (bicyclic) bond motifs is 2. The molecule has 0 spiro atoms. The molecule has 7 aromatic rings. The normalized spacial score (nSPS) is 15.1. The summed E-state index contributed by atoms with van der Waals surface area (Å²) in [5, 5.41) is 13.3. The summed E-state index contributed by atoms with van der Waals surface area (Å²) >= 11 is 0. The van der Waals surface area contributed by atoms with Gasteiger partial charge in [-0.25, -0.2) is 9.59 Å². The van der Waals surface area contributed by atoms with E-state index in [2.05, 4.69) is 92.0 Å². The summed E-state index contributed by atoms with van der Waals surface area (Å²) in [4.78, 5) is 33.8. The number of benzene rings is 7. The molecule has 0 aliphatic carbocycles. The molecular weight excluding hydrogens is 1020 g/mol. The number of rotatable bonds is 17. The first-order valence-corrected chi connectivity index (χ1v) is 25.1. The molecule has 0 bridgehead atoms. The first kappa shape index (κ1) is 60.7. The van der Waals surface area contributed by atoms with Gasteiger partial charge in [0.25, 0.3) is 5.69 Å². The standard InChI is InChI=1S/C28H29NO4.C18H19NO.C16H15NO6.2H3P/c1-3-31-25-12-9-22(10-13-25)20-32-27(30)29-24-11-14-26-23(19-24)16-18-28(2,33-26)17-15-21-7-5-4-6-8-21;1-18(11-9-14-5-3-2-4-6-14)12-10-15-13-16(19)7-8-17(15)20-18;1-2-21-14-7-3-12(4-8-14)11-22-16(18)23-15-9-5-13(6-10-15)17(19)20;;/h4-14,16,18-19H,3,15,17,20H2,1-2H3,(H,29,30);2-8,10,12-13H,9,11,19H2,1H3;3-10H,2,11H2,1H3;2*1H3. The molecule has 2 heterocycles. The molecule has 0 saturated heterocycles. The van der Waals surface area contributed by atoms with Gasteiger partial charge < -0.3 is 38.9 Å². The fourth-order valence-corrected chi connectivity index (χ4v) is 7.99. The molecule has 0 aromatic heterocycles. The predicted molar refractivity (Wildman–Crippen MR) is 318 cm³/mol. The maximum absolute atomic E-state index is 12.2. The van der Waals surface area contributed by atoms with Crippen molar-refractivity contribution in [1.29, 1.82) is 0 Å². The minimum atomic E-state index is -0.882. The SMILES string of the molecule is CC1(CCc2ccccc2)C=Cc2cc(N)ccc2O1.CCOc1ccc(COC(=O)Nc2ccc3c(c2)C=CC(C)(CCc2ccccc2)O3)cc1.CCOc1ccc(COC(=O)Oc2ccc([N+](=O)[O-])cc2)cc1.P.P. The highest BCUT2D eigenvalue weighted by molar-refractivity contribution is 6.92. The average molecular weight is 1090 g/mol. The fraction of sp³-hybridized carbons (Fsp3) is 0.226. The molecule has 0 radical (unpaired) electrons. The van der Waals surface area contributed by atoms with Crippen molar-refractivity contribution in [2.24, 2.45) is 0 Å². The molecule has 1 amide bonds. The quantitative estimate of drug-likeness (QED) is 0.0220. The van der Waals surface area contributed by atoms with Gasteiger partial charge in [0.15, 0.2) is 0 Å². The molecule has 3 N–H and O–H groups in total. The second kappa shape index (κ2) is 29.9. The Morgan fingerprint density at radius 3 is 1.53 bits per heavy atom. The van der Waals surface area contributed by atoms with Crippen molar-refractivity contribution in [2.75, 3.05) is 24.3 Å². The van der Waals surface area contributed by atoms with Crippen LogP contribution >= 0.6 is 19.8 Å². The van der Waals surface area contributed by atoms with E-state index in [9.17, 15) is 19.7 Å². The van der Waals surface area contributed by atoms with E-state index in [1.54, 1.807) is 24.3 Å². The molecule has 78 heavy (non-hydrogen) atoms. The summed E-state index contributed by atoms with van der Waals surface area (Å²) in [6, 6.07) is 52.1. The number of anilines is 2. The number of non-ortho nitro benzene ring substituents is 1. The molecule has 408 valence electrons. The minimum absolute atomic E-state index is 0.